The van der Waals surface area contributed by atoms with Gasteiger partial charge in [0, 0.05) is 6.42 Å². The summed E-state index contributed by atoms with van der Waals surface area (Å²) in [5, 5.41) is 13.3. The number of unbranched alkanes of at least 4 members (excludes halogenated alkanes) is 23. The van der Waals surface area contributed by atoms with Gasteiger partial charge in [0.05, 0.1) is 17.9 Å². The molecule has 59 heavy (non-hydrogen) atoms. The summed E-state index contributed by atoms with van der Waals surface area (Å²) >= 11 is 0. The van der Waals surface area contributed by atoms with Crippen molar-refractivity contribution < 1.29 is 22.9 Å². The van der Waals surface area contributed by atoms with Crippen molar-refractivity contribution >= 4 is 16.0 Å². The molecule has 1 amide bonds. The van der Waals surface area contributed by atoms with Gasteiger partial charge in [-0.05, 0) is 83.5 Å². The van der Waals surface area contributed by atoms with Gasteiger partial charge in [-0.25, -0.2) is 0 Å². The summed E-state index contributed by atoms with van der Waals surface area (Å²) in [5.41, 5.74) is 0. The van der Waals surface area contributed by atoms with Gasteiger partial charge in [0.1, 0.15) is 0 Å². The first-order chi connectivity index (χ1) is 28.8. The quantitative estimate of drug-likeness (QED) is 0.0322. The van der Waals surface area contributed by atoms with Crippen LogP contribution in [0.15, 0.2) is 85.1 Å². The number of allylic oxidation sites excluding steroid dienone is 13. The highest BCUT2D eigenvalue weighted by molar-refractivity contribution is 7.85. The van der Waals surface area contributed by atoms with Gasteiger partial charge in [0.2, 0.25) is 5.91 Å². The van der Waals surface area contributed by atoms with Gasteiger partial charge in [0.15, 0.2) is 0 Å². The Hall–Kier alpha value is -2.48. The van der Waals surface area contributed by atoms with Gasteiger partial charge in [-0.3, -0.25) is 9.35 Å². The summed E-state index contributed by atoms with van der Waals surface area (Å²) in [6.45, 7) is 4.43. The molecule has 0 bridgehead atoms. The van der Waals surface area contributed by atoms with Gasteiger partial charge in [0.25, 0.3) is 10.1 Å². The van der Waals surface area contributed by atoms with E-state index in [-0.39, 0.29) is 12.3 Å². The van der Waals surface area contributed by atoms with E-state index in [2.05, 4.69) is 92.1 Å². The number of amides is 1. The molecule has 0 saturated heterocycles. The average Bonchev–Trinajstić information content (AvgIpc) is 3.20. The fourth-order valence-electron chi connectivity index (χ4n) is 6.94. The van der Waals surface area contributed by atoms with Crippen LogP contribution in [-0.2, 0) is 14.9 Å². The predicted molar refractivity (Wildman–Crippen MR) is 257 cm³/mol. The lowest BCUT2D eigenvalue weighted by Crippen LogP contribution is -2.46. The third-order valence-corrected chi connectivity index (χ3v) is 11.3. The molecular formula is C52H91NO5S. The molecule has 0 saturated carbocycles. The Kier molecular flexibility index (Phi) is 43.2. The van der Waals surface area contributed by atoms with Crippen LogP contribution in [0.1, 0.15) is 219 Å². The van der Waals surface area contributed by atoms with E-state index in [1.54, 1.807) is 6.08 Å². The highest BCUT2D eigenvalue weighted by Gasteiger charge is 2.24. The molecule has 0 aliphatic rings. The molecule has 2 atom stereocenters. The smallest absolute Gasteiger partial charge is 0.267 e. The molecule has 0 fully saturated rings. The standard InChI is InChI=1S/C52H91NO5S/c1-3-5-7-9-11-13-15-17-19-21-23-25-26-28-30-32-34-36-38-40-42-44-46-48-52(55)53-50(49-59(56,57)58)51(54)47-45-43-41-39-37-35-33-31-29-27-24-22-20-18-16-14-12-10-8-6-4-2/h5,7,11,13,17,19,23,25,29,31,37,39,45,47,50-51,54H,3-4,6,8-10,12,14-16,18,20-22,24,26-28,30,32-36,38,40-44,46,48-49H2,1-2H3,(H,53,55)(H,56,57,58)/b7-5-,13-11-,19-17-,25-23-,31-29+,39-37+,47-45+. The molecule has 7 heteroatoms. The summed E-state index contributed by atoms with van der Waals surface area (Å²) < 4.78 is 32.6. The lowest BCUT2D eigenvalue weighted by Gasteiger charge is -2.21. The van der Waals surface area contributed by atoms with Crippen LogP contribution in [0.3, 0.4) is 0 Å². The van der Waals surface area contributed by atoms with Crippen molar-refractivity contribution in [3.05, 3.63) is 85.1 Å². The Morgan fingerprint density at radius 2 is 0.831 bits per heavy atom. The van der Waals surface area contributed by atoms with Crippen LogP contribution in [-0.4, -0.2) is 41.9 Å². The maximum absolute atomic E-state index is 12.6. The van der Waals surface area contributed by atoms with Gasteiger partial charge in [-0.15, -0.1) is 0 Å². The molecule has 340 valence electrons. The van der Waals surface area contributed by atoms with Crippen LogP contribution >= 0.6 is 0 Å². The minimum Gasteiger partial charge on any atom is -0.387 e. The Morgan fingerprint density at radius 3 is 1.27 bits per heavy atom. The maximum atomic E-state index is 12.6. The second kappa shape index (κ2) is 45.1. The predicted octanol–water partition coefficient (Wildman–Crippen LogP) is 15.1. The number of aliphatic hydroxyl groups excluding tert-OH is 1. The number of hydrogen-bond donors (Lipinski definition) is 3. The van der Waals surface area contributed by atoms with Crippen LogP contribution < -0.4 is 5.32 Å². The average molecular weight is 842 g/mol. The summed E-state index contributed by atoms with van der Waals surface area (Å²) in [4.78, 5) is 12.6. The van der Waals surface area contributed by atoms with Crippen molar-refractivity contribution in [2.45, 2.75) is 231 Å². The first kappa shape index (κ1) is 56.5. The normalized spacial score (nSPS) is 13.9. The molecule has 0 heterocycles. The fourth-order valence-corrected chi connectivity index (χ4v) is 7.68. The molecule has 0 aliphatic carbocycles. The molecule has 3 N–H and O–H groups in total. The van der Waals surface area contributed by atoms with Crippen molar-refractivity contribution in [2.75, 3.05) is 5.75 Å². The summed E-state index contributed by atoms with van der Waals surface area (Å²) in [5.74, 6) is -1.02. The monoisotopic (exact) mass is 842 g/mol. The molecule has 0 aromatic carbocycles. The van der Waals surface area contributed by atoms with Crippen LogP contribution in [0.25, 0.3) is 0 Å². The van der Waals surface area contributed by atoms with Crippen LogP contribution in [0, 0.1) is 0 Å². The Balaban J connectivity index is 3.92. The second-order valence-electron chi connectivity index (χ2n) is 16.3. The topological polar surface area (TPSA) is 104 Å². The van der Waals surface area contributed by atoms with E-state index in [1.165, 1.54) is 122 Å². The molecule has 0 aliphatic heterocycles. The minimum absolute atomic E-state index is 0.275. The van der Waals surface area contributed by atoms with Crippen LogP contribution in [0.4, 0.5) is 0 Å². The lowest BCUT2D eigenvalue weighted by molar-refractivity contribution is -0.122. The zero-order chi connectivity index (χ0) is 43.2. The highest BCUT2D eigenvalue weighted by Crippen LogP contribution is 2.14. The number of nitrogens with one attached hydrogen (secondary N) is 1. The zero-order valence-corrected chi connectivity index (χ0v) is 38.9. The third kappa shape index (κ3) is 46.4. The Bertz CT molecular complexity index is 1250. The lowest BCUT2D eigenvalue weighted by atomic mass is 10.0. The summed E-state index contributed by atoms with van der Waals surface area (Å²) in [7, 11) is -4.37. The first-order valence-corrected chi connectivity index (χ1v) is 25.9. The van der Waals surface area contributed by atoms with Crippen molar-refractivity contribution in [3.8, 4) is 0 Å². The number of carbonyl (C=O) groups is 1. The number of rotatable bonds is 43. The molecular weight excluding hydrogens is 751 g/mol. The van der Waals surface area contributed by atoms with E-state index in [0.29, 0.717) is 6.42 Å². The van der Waals surface area contributed by atoms with Crippen LogP contribution in [0.5, 0.6) is 0 Å². The Labute approximate surface area is 365 Å². The second-order valence-corrected chi connectivity index (χ2v) is 17.8. The molecule has 0 aromatic heterocycles. The molecule has 0 spiro atoms. The van der Waals surface area contributed by atoms with Gasteiger partial charge in [-0.2, -0.15) is 8.42 Å². The van der Waals surface area contributed by atoms with E-state index in [4.69, 9.17) is 0 Å². The largest absolute Gasteiger partial charge is 0.387 e. The minimum atomic E-state index is -4.37. The van der Waals surface area contributed by atoms with Crippen molar-refractivity contribution in [1.82, 2.24) is 5.32 Å². The van der Waals surface area contributed by atoms with Crippen molar-refractivity contribution in [3.63, 3.8) is 0 Å². The van der Waals surface area contributed by atoms with Gasteiger partial charge in [-0.1, -0.05) is 214 Å². The number of aliphatic hydroxyl groups is 1. The molecule has 0 radical (unpaired) electrons. The van der Waals surface area contributed by atoms with E-state index in [9.17, 15) is 22.9 Å². The van der Waals surface area contributed by atoms with E-state index in [0.717, 1.165) is 77.0 Å². The highest BCUT2D eigenvalue weighted by atomic mass is 32.2. The van der Waals surface area contributed by atoms with Crippen LogP contribution in [0.2, 0.25) is 0 Å². The summed E-state index contributed by atoms with van der Waals surface area (Å²) in [6, 6.07) is -1.09. The number of hydrogen-bond acceptors (Lipinski definition) is 4. The maximum Gasteiger partial charge on any atom is 0.267 e. The van der Waals surface area contributed by atoms with Crippen molar-refractivity contribution in [2.24, 2.45) is 0 Å². The fraction of sp³-hybridized carbons (Fsp3) is 0.712. The zero-order valence-electron chi connectivity index (χ0n) is 38.1. The Morgan fingerprint density at radius 1 is 0.475 bits per heavy atom. The SMILES string of the molecule is CC/C=C\C/C=C\C/C=C\C/C=C\CCCCCCCCCCCCC(=O)NC(CS(=O)(=O)O)C(O)/C=C/CC/C=C/CC/C=C/CCCCCCCCCCCCC. The van der Waals surface area contributed by atoms with Crippen molar-refractivity contribution in [1.29, 1.82) is 0 Å². The third-order valence-electron chi connectivity index (χ3n) is 10.5. The summed E-state index contributed by atoms with van der Waals surface area (Å²) in [6.07, 6.45) is 65.8. The van der Waals surface area contributed by atoms with E-state index in [1.807, 2.05) is 0 Å². The number of carbonyl (C=O) groups excluding carboxylic acids is 1. The van der Waals surface area contributed by atoms with E-state index < -0.39 is 28.0 Å². The van der Waals surface area contributed by atoms with E-state index >= 15 is 0 Å². The molecule has 6 nitrogen and oxygen atoms in total. The first-order valence-electron chi connectivity index (χ1n) is 24.3. The van der Waals surface area contributed by atoms with Gasteiger partial charge >= 0.3 is 0 Å². The molecule has 2 unspecified atom stereocenters. The molecule has 0 aromatic rings. The molecule has 0 rings (SSSR count). The van der Waals surface area contributed by atoms with Gasteiger partial charge < -0.3 is 10.4 Å².